The molecule has 2 aliphatic carbocycles. The molecule has 1 spiro atoms. The molecule has 2 bridgehead atoms. The number of carbonyl (C=O) groups is 2. The third-order valence-corrected chi connectivity index (χ3v) is 13.3. The number of amides is 2. The Kier molecular flexibility index (Phi) is 10.4. The van der Waals surface area contributed by atoms with Crippen molar-refractivity contribution in [2.75, 3.05) is 37.7 Å². The van der Waals surface area contributed by atoms with Crippen LogP contribution < -0.4 is 14.4 Å². The summed E-state index contributed by atoms with van der Waals surface area (Å²) in [5, 5.41) is 0.528. The van der Waals surface area contributed by atoms with Crippen LogP contribution in [0.1, 0.15) is 87.7 Å². The highest BCUT2D eigenvalue weighted by atomic mass is 35.5. The van der Waals surface area contributed by atoms with Crippen molar-refractivity contribution in [3.05, 3.63) is 70.3 Å². The van der Waals surface area contributed by atoms with Crippen LogP contribution in [0.2, 0.25) is 5.02 Å². The van der Waals surface area contributed by atoms with E-state index in [2.05, 4.69) is 40.8 Å². The van der Waals surface area contributed by atoms with Crippen LogP contribution in [-0.4, -0.2) is 59.0 Å². The van der Waals surface area contributed by atoms with Crippen molar-refractivity contribution >= 4 is 40.1 Å². The van der Waals surface area contributed by atoms with Gasteiger partial charge in [0, 0.05) is 48.6 Å². The Labute approximate surface area is 288 Å². The minimum absolute atomic E-state index is 0.0944. The number of carbonyl (C=O) groups excluding carboxylic acids is 2. The van der Waals surface area contributed by atoms with Gasteiger partial charge >= 0.3 is 0 Å². The summed E-state index contributed by atoms with van der Waals surface area (Å²) in [4.78, 5) is 31.3. The highest BCUT2D eigenvalue weighted by Crippen LogP contribution is 2.48. The number of ether oxygens (including phenoxy) is 1. The van der Waals surface area contributed by atoms with Crippen molar-refractivity contribution in [3.63, 3.8) is 0 Å². The molecule has 0 saturated heterocycles. The van der Waals surface area contributed by atoms with Crippen LogP contribution in [0.3, 0.4) is 0 Å². The Hall–Kier alpha value is -2.84. The molecule has 6 unspecified atom stereocenters. The molecular weight excluding hydrogens is 630 g/mol. The van der Waals surface area contributed by atoms with Crippen molar-refractivity contribution in [3.8, 4) is 5.75 Å². The number of fused-ring (bicyclic) bond motifs is 4. The largest absolute Gasteiger partial charge is 0.490 e. The smallest absolute Gasteiger partial charge is 0.263 e. The van der Waals surface area contributed by atoms with Crippen LogP contribution in [0.25, 0.3) is 0 Å². The molecule has 9 heteroatoms. The van der Waals surface area contributed by atoms with Crippen LogP contribution in [0, 0.1) is 23.7 Å². The first kappa shape index (κ1) is 34.0. The lowest BCUT2D eigenvalue weighted by Gasteiger charge is -2.46. The molecule has 0 aromatic heterocycles. The Morgan fingerprint density at radius 1 is 1.15 bits per heavy atom. The number of allylic oxidation sites excluding steroid dienone is 2. The third-order valence-electron chi connectivity index (χ3n) is 11.5. The van der Waals surface area contributed by atoms with E-state index in [0.717, 1.165) is 68.1 Å². The fourth-order valence-corrected chi connectivity index (χ4v) is 9.52. The number of anilines is 1. The van der Waals surface area contributed by atoms with Gasteiger partial charge in [0.2, 0.25) is 5.91 Å². The average molecular weight is 680 g/mol. The highest BCUT2D eigenvalue weighted by Gasteiger charge is 2.44. The summed E-state index contributed by atoms with van der Waals surface area (Å²) in [5.41, 5.74) is 3.77. The Bertz CT molecular complexity index is 1540. The van der Waals surface area contributed by atoms with Crippen LogP contribution in [0.5, 0.6) is 5.75 Å². The summed E-state index contributed by atoms with van der Waals surface area (Å²) >= 11 is 6.46. The molecule has 7 atom stereocenters. The van der Waals surface area contributed by atoms with E-state index >= 15 is 0 Å². The lowest BCUT2D eigenvalue weighted by atomic mass is 9.65. The van der Waals surface area contributed by atoms with Gasteiger partial charge in [0.15, 0.2) is 0 Å². The maximum Gasteiger partial charge on any atom is 0.263 e. The summed E-state index contributed by atoms with van der Waals surface area (Å²) in [6.07, 6.45) is 11.0. The van der Waals surface area contributed by atoms with Crippen molar-refractivity contribution in [1.29, 1.82) is 0 Å². The Balaban J connectivity index is 1.40. The molecule has 47 heavy (non-hydrogen) atoms. The second-order valence-corrected chi connectivity index (χ2v) is 16.3. The van der Waals surface area contributed by atoms with Crippen molar-refractivity contribution in [2.45, 2.75) is 83.3 Å². The Morgan fingerprint density at radius 3 is 2.70 bits per heavy atom. The number of hydrogen-bond donors (Lipinski definition) is 1. The van der Waals surface area contributed by atoms with Gasteiger partial charge in [-0.25, -0.2) is 4.21 Å². The van der Waals surface area contributed by atoms with Crippen LogP contribution in [0.15, 0.2) is 48.6 Å². The quantitative estimate of drug-likeness (QED) is 0.349. The van der Waals surface area contributed by atoms with Gasteiger partial charge < -0.3 is 14.5 Å². The van der Waals surface area contributed by atoms with E-state index in [-0.39, 0.29) is 34.3 Å². The summed E-state index contributed by atoms with van der Waals surface area (Å²) < 4.78 is 22.8. The van der Waals surface area contributed by atoms with Gasteiger partial charge in [-0.2, -0.15) is 0 Å². The van der Waals surface area contributed by atoms with Gasteiger partial charge in [-0.1, -0.05) is 36.7 Å². The monoisotopic (exact) mass is 679 g/mol. The first-order valence-corrected chi connectivity index (χ1v) is 19.2. The van der Waals surface area contributed by atoms with E-state index in [0.29, 0.717) is 43.5 Å². The number of rotatable bonds is 4. The summed E-state index contributed by atoms with van der Waals surface area (Å²) in [5.74, 6) is 1.67. The number of nitrogens with one attached hydrogen (secondary N) is 1. The van der Waals surface area contributed by atoms with Gasteiger partial charge in [0.05, 0.1) is 17.5 Å². The molecule has 1 N–H and O–H groups in total. The van der Waals surface area contributed by atoms with Gasteiger partial charge in [-0.15, -0.1) is 0 Å². The molecule has 7 nitrogen and oxygen atoms in total. The van der Waals surface area contributed by atoms with Crippen LogP contribution in [-0.2, 0) is 27.6 Å². The number of hydrogen-bond acceptors (Lipinski definition) is 5. The van der Waals surface area contributed by atoms with E-state index in [4.69, 9.17) is 16.3 Å². The number of halogens is 1. The van der Waals surface area contributed by atoms with Gasteiger partial charge in [-0.05, 0) is 124 Å². The number of aryl methyl sites for hydroxylation is 1. The highest BCUT2D eigenvalue weighted by molar-refractivity contribution is 7.84. The summed E-state index contributed by atoms with van der Waals surface area (Å²) in [7, 11) is -1.55. The van der Waals surface area contributed by atoms with E-state index < -0.39 is 11.0 Å². The molecule has 0 radical (unpaired) electrons. The van der Waals surface area contributed by atoms with E-state index in [1.54, 1.807) is 6.07 Å². The molecule has 1 saturated carbocycles. The zero-order chi connectivity index (χ0) is 33.3. The molecule has 2 amide bonds. The van der Waals surface area contributed by atoms with E-state index in [1.807, 2.05) is 43.9 Å². The summed E-state index contributed by atoms with van der Waals surface area (Å²) in [6.45, 7) is 11.7. The molecule has 2 aromatic rings. The predicted molar refractivity (Wildman–Crippen MR) is 190 cm³/mol. The van der Waals surface area contributed by atoms with E-state index in [1.165, 1.54) is 11.1 Å². The van der Waals surface area contributed by atoms with Crippen molar-refractivity contribution < 1.29 is 18.5 Å². The fraction of sp³-hybridized carbons (Fsp3) is 0.579. The first-order chi connectivity index (χ1) is 22.6. The molecule has 2 aliphatic heterocycles. The second-order valence-electron chi connectivity index (χ2n) is 14.3. The van der Waals surface area contributed by atoms with Crippen molar-refractivity contribution in [2.24, 2.45) is 23.7 Å². The molecule has 4 aliphatic rings. The van der Waals surface area contributed by atoms with Crippen LogP contribution >= 0.6 is 11.6 Å². The first-order valence-electron chi connectivity index (χ1n) is 17.6. The second kappa shape index (κ2) is 14.3. The SMILES string of the molecule is CCN(CC)C(=O)CC1/C=C/CC(C)C(C)S(=O)NC(=O)c2ccc3c(c2)N(CC2CCC12)C[C@@]1(CCCc2cc(Cl)ccc21)CO3. The topological polar surface area (TPSA) is 79.0 Å². The Morgan fingerprint density at radius 2 is 1.96 bits per heavy atom. The average Bonchev–Trinajstić information content (AvgIpc) is 3.19. The minimum Gasteiger partial charge on any atom is -0.490 e. The van der Waals surface area contributed by atoms with E-state index in [9.17, 15) is 13.8 Å². The standard InChI is InChI=1S/C38H50ClN3O4S/c1-5-41(6-2)36(43)21-27-10-7-9-25(3)26(4)47(45)40-37(44)29-13-17-35-34(20-29)42(22-30-12-15-32(27)30)23-38(24-46-35)18-8-11-28-19-31(39)14-16-33(28)38/h7,10,13-14,16-17,19-20,25-27,30,32H,5-6,8-9,11-12,15,18,21-24H2,1-4H3,(H,40,44)/b10-7+/t25?,26?,27?,30?,32?,38-,47?/m0/s1. The maximum absolute atomic E-state index is 13.5. The molecule has 2 aromatic carbocycles. The third kappa shape index (κ3) is 7.01. The normalized spacial score (nSPS) is 31.3. The fourth-order valence-electron chi connectivity index (χ4n) is 8.31. The van der Waals surface area contributed by atoms with Gasteiger partial charge in [0.25, 0.3) is 5.91 Å². The molecule has 254 valence electrons. The molecular formula is C38H50ClN3O4S. The molecule has 6 rings (SSSR count). The number of benzene rings is 2. The van der Waals surface area contributed by atoms with Crippen molar-refractivity contribution in [1.82, 2.24) is 9.62 Å². The zero-order valence-corrected chi connectivity index (χ0v) is 29.9. The lowest BCUT2D eigenvalue weighted by Crippen LogP contribution is -2.49. The zero-order valence-electron chi connectivity index (χ0n) is 28.3. The van der Waals surface area contributed by atoms with Crippen LogP contribution in [0.4, 0.5) is 5.69 Å². The molecule has 1 fully saturated rings. The lowest BCUT2D eigenvalue weighted by molar-refractivity contribution is -0.132. The number of nitrogens with zero attached hydrogens (tertiary/aromatic N) is 2. The summed E-state index contributed by atoms with van der Waals surface area (Å²) in [6, 6.07) is 11.9. The van der Waals surface area contributed by atoms with Gasteiger partial charge in [0.1, 0.15) is 16.7 Å². The van der Waals surface area contributed by atoms with Gasteiger partial charge in [-0.3, -0.25) is 14.3 Å². The maximum atomic E-state index is 13.5. The molecule has 2 heterocycles. The minimum atomic E-state index is -1.55. The predicted octanol–water partition coefficient (Wildman–Crippen LogP) is 7.09.